The van der Waals surface area contributed by atoms with E-state index >= 15 is 0 Å². The van der Waals surface area contributed by atoms with Gasteiger partial charge in [0.2, 0.25) is 0 Å². The number of ether oxygens (including phenoxy) is 1. The van der Waals surface area contributed by atoms with Gasteiger partial charge in [0.05, 0.1) is 0 Å². The van der Waals surface area contributed by atoms with Crippen molar-refractivity contribution in [2.45, 2.75) is 6.18 Å². The third-order valence-electron chi connectivity index (χ3n) is 0.988. The number of carboxylic acids is 1. The summed E-state index contributed by atoms with van der Waals surface area (Å²) in [5, 5.41) is 9.20. The summed E-state index contributed by atoms with van der Waals surface area (Å²) in [6, 6.07) is 0. The summed E-state index contributed by atoms with van der Waals surface area (Å²) in [5.74, 6) is -3.48. The minimum atomic E-state index is -5.08. The number of aliphatic carboxylic acids is 1. The van der Waals surface area contributed by atoms with Crippen molar-refractivity contribution in [3.05, 3.63) is 0 Å². The average molecular weight is 229 g/mol. The summed E-state index contributed by atoms with van der Waals surface area (Å²) in [6.45, 7) is 0.0114. The van der Waals surface area contributed by atoms with E-state index in [0.29, 0.717) is 0 Å². The van der Waals surface area contributed by atoms with Gasteiger partial charge < -0.3 is 9.84 Å². The lowest BCUT2D eigenvalue weighted by Crippen LogP contribution is -2.41. The van der Waals surface area contributed by atoms with Gasteiger partial charge in [0.25, 0.3) is 11.8 Å². The van der Waals surface area contributed by atoms with E-state index in [4.69, 9.17) is 9.90 Å². The van der Waals surface area contributed by atoms with Crippen LogP contribution in [0.1, 0.15) is 0 Å². The third kappa shape index (κ3) is 6.43. The Morgan fingerprint density at radius 3 is 1.73 bits per heavy atom. The van der Waals surface area contributed by atoms with Crippen LogP contribution in [0.5, 0.6) is 0 Å². The van der Waals surface area contributed by atoms with Gasteiger partial charge >= 0.3 is 12.1 Å². The zero-order valence-corrected chi connectivity index (χ0v) is 7.13. The predicted molar refractivity (Wildman–Crippen MR) is 37.7 cm³/mol. The molecule has 2 amide bonds. The van der Waals surface area contributed by atoms with Crippen molar-refractivity contribution in [1.82, 2.24) is 5.32 Å². The van der Waals surface area contributed by atoms with Crippen LogP contribution in [0, 0.1) is 0 Å². The number of rotatable bonds is 0. The molecule has 2 N–H and O–H groups in total. The molecular formula is C6H6F3NO5. The lowest BCUT2D eigenvalue weighted by atomic mass is 10.5. The highest BCUT2D eigenvalue weighted by Gasteiger charge is 2.38. The number of morpholine rings is 1. The van der Waals surface area contributed by atoms with Gasteiger partial charge in [0.1, 0.15) is 13.2 Å². The molecule has 0 aromatic carbocycles. The molecule has 9 heteroatoms. The molecule has 1 aliphatic rings. The Labute approximate surface area is 81.0 Å². The van der Waals surface area contributed by atoms with E-state index in [-0.39, 0.29) is 25.0 Å². The number of carbonyl (C=O) groups is 3. The largest absolute Gasteiger partial charge is 0.490 e. The van der Waals surface area contributed by atoms with Gasteiger partial charge in [-0.05, 0) is 0 Å². The smallest absolute Gasteiger partial charge is 0.475 e. The highest BCUT2D eigenvalue weighted by atomic mass is 19.4. The summed E-state index contributed by atoms with van der Waals surface area (Å²) in [6.07, 6.45) is -5.08. The Balaban J connectivity index is 0.000000265. The second kappa shape index (κ2) is 5.29. The van der Waals surface area contributed by atoms with Crippen LogP contribution in [-0.4, -0.2) is 42.3 Å². The molecular weight excluding hydrogens is 223 g/mol. The summed E-state index contributed by atoms with van der Waals surface area (Å²) in [4.78, 5) is 29.3. The summed E-state index contributed by atoms with van der Waals surface area (Å²) in [7, 11) is 0. The van der Waals surface area contributed by atoms with Crippen LogP contribution in [0.3, 0.4) is 0 Å². The number of hydrogen-bond acceptors (Lipinski definition) is 4. The molecule has 6 nitrogen and oxygen atoms in total. The summed E-state index contributed by atoms with van der Waals surface area (Å²) in [5.41, 5.74) is 0. The van der Waals surface area contributed by atoms with Crippen molar-refractivity contribution >= 4 is 17.8 Å². The number of hydrogen-bond donors (Lipinski definition) is 2. The van der Waals surface area contributed by atoms with Crippen molar-refractivity contribution < 1.29 is 37.4 Å². The first-order chi connectivity index (χ1) is 6.73. The maximum atomic E-state index is 10.6. The molecule has 1 heterocycles. The Kier molecular flexibility index (Phi) is 4.71. The second-order valence-electron chi connectivity index (χ2n) is 2.27. The number of amides is 2. The summed E-state index contributed by atoms with van der Waals surface area (Å²) >= 11 is 0. The number of imide groups is 1. The van der Waals surface area contributed by atoms with Gasteiger partial charge in [-0.15, -0.1) is 0 Å². The Morgan fingerprint density at radius 2 is 1.60 bits per heavy atom. The first kappa shape index (κ1) is 13.4. The van der Waals surface area contributed by atoms with E-state index < -0.39 is 12.1 Å². The van der Waals surface area contributed by atoms with E-state index in [2.05, 4.69) is 10.1 Å². The van der Waals surface area contributed by atoms with E-state index in [1.54, 1.807) is 0 Å². The minimum Gasteiger partial charge on any atom is -0.475 e. The SMILES string of the molecule is O=C(O)C(F)(F)F.O=C1COCC(=O)N1. The molecule has 1 saturated heterocycles. The number of carbonyl (C=O) groups excluding carboxylic acids is 2. The van der Waals surface area contributed by atoms with Crippen molar-refractivity contribution in [1.29, 1.82) is 0 Å². The number of carboxylic acid groups (broad SMARTS) is 1. The Hall–Kier alpha value is -1.64. The van der Waals surface area contributed by atoms with Gasteiger partial charge in [0, 0.05) is 0 Å². The average Bonchev–Trinajstić information content (AvgIpc) is 2.02. The van der Waals surface area contributed by atoms with Gasteiger partial charge in [-0.1, -0.05) is 0 Å². The van der Waals surface area contributed by atoms with Crippen LogP contribution in [0.15, 0.2) is 0 Å². The third-order valence-corrected chi connectivity index (χ3v) is 0.988. The van der Waals surface area contributed by atoms with Crippen LogP contribution < -0.4 is 5.32 Å². The first-order valence-electron chi connectivity index (χ1n) is 3.44. The highest BCUT2D eigenvalue weighted by Crippen LogP contribution is 2.13. The molecule has 15 heavy (non-hydrogen) atoms. The Bertz CT molecular complexity index is 260. The lowest BCUT2D eigenvalue weighted by molar-refractivity contribution is -0.192. The second-order valence-corrected chi connectivity index (χ2v) is 2.27. The fraction of sp³-hybridized carbons (Fsp3) is 0.500. The van der Waals surface area contributed by atoms with Crippen molar-refractivity contribution in [3.8, 4) is 0 Å². The molecule has 0 radical (unpaired) electrons. The fourth-order valence-corrected chi connectivity index (χ4v) is 0.464. The van der Waals surface area contributed by atoms with E-state index in [1.165, 1.54) is 0 Å². The summed E-state index contributed by atoms with van der Waals surface area (Å²) < 4.78 is 36.3. The molecule has 0 atom stereocenters. The molecule has 0 aromatic rings. The molecule has 0 aromatic heterocycles. The molecule has 0 saturated carbocycles. The zero-order valence-electron chi connectivity index (χ0n) is 7.13. The van der Waals surface area contributed by atoms with Crippen LogP contribution in [-0.2, 0) is 19.1 Å². The minimum absolute atomic E-state index is 0.00569. The van der Waals surface area contributed by atoms with E-state index in [0.717, 1.165) is 0 Å². The lowest BCUT2D eigenvalue weighted by Gasteiger charge is -2.09. The molecule has 0 spiro atoms. The van der Waals surface area contributed by atoms with E-state index in [9.17, 15) is 22.8 Å². The molecule has 1 aliphatic heterocycles. The number of halogens is 3. The highest BCUT2D eigenvalue weighted by molar-refractivity contribution is 5.98. The van der Waals surface area contributed by atoms with Gasteiger partial charge in [-0.25, -0.2) is 4.79 Å². The monoisotopic (exact) mass is 229 g/mol. The fourth-order valence-electron chi connectivity index (χ4n) is 0.464. The Morgan fingerprint density at radius 1 is 1.27 bits per heavy atom. The molecule has 1 fully saturated rings. The maximum absolute atomic E-state index is 10.6. The van der Waals surface area contributed by atoms with Gasteiger partial charge in [-0.2, -0.15) is 13.2 Å². The first-order valence-corrected chi connectivity index (χ1v) is 3.44. The van der Waals surface area contributed by atoms with Crippen LogP contribution in [0.2, 0.25) is 0 Å². The van der Waals surface area contributed by atoms with Crippen molar-refractivity contribution in [2.75, 3.05) is 13.2 Å². The standard InChI is InChI=1S/C4H5NO3.C2HF3O2/c6-3-1-8-2-4(7)5-3;3-2(4,5)1(6)7/h1-2H2,(H,5,6,7);(H,6,7). The number of alkyl halides is 3. The maximum Gasteiger partial charge on any atom is 0.490 e. The van der Waals surface area contributed by atoms with Crippen LogP contribution in [0.25, 0.3) is 0 Å². The molecule has 1 rings (SSSR count). The van der Waals surface area contributed by atoms with Crippen molar-refractivity contribution in [2.24, 2.45) is 0 Å². The predicted octanol–water partition coefficient (Wildman–Crippen LogP) is -0.707. The topological polar surface area (TPSA) is 92.7 Å². The van der Waals surface area contributed by atoms with Gasteiger partial charge in [0.15, 0.2) is 0 Å². The molecule has 86 valence electrons. The zero-order chi connectivity index (χ0) is 12.1. The van der Waals surface area contributed by atoms with E-state index in [1.807, 2.05) is 0 Å². The van der Waals surface area contributed by atoms with Crippen LogP contribution in [0.4, 0.5) is 13.2 Å². The normalized spacial score (nSPS) is 16.2. The number of nitrogens with one attached hydrogen (secondary N) is 1. The van der Waals surface area contributed by atoms with Crippen molar-refractivity contribution in [3.63, 3.8) is 0 Å². The molecule has 0 bridgehead atoms. The van der Waals surface area contributed by atoms with Crippen LogP contribution >= 0.6 is 0 Å². The molecule has 0 unspecified atom stereocenters. The quantitative estimate of drug-likeness (QED) is 0.535. The van der Waals surface area contributed by atoms with Gasteiger partial charge in [-0.3, -0.25) is 14.9 Å². The molecule has 0 aliphatic carbocycles.